The average Bonchev–Trinajstić information content (AvgIpc) is 2.92. The Balaban J connectivity index is 1.35. The molecule has 0 radical (unpaired) electrons. The summed E-state index contributed by atoms with van der Waals surface area (Å²) in [5.41, 5.74) is 1.16. The van der Waals surface area contributed by atoms with Gasteiger partial charge in [-0.1, -0.05) is 0 Å². The molecule has 4 rings (SSSR count). The van der Waals surface area contributed by atoms with Crippen molar-refractivity contribution in [3.63, 3.8) is 0 Å². The molecule has 1 unspecified atom stereocenters. The quantitative estimate of drug-likeness (QED) is 0.294. The predicted octanol–water partition coefficient (Wildman–Crippen LogP) is 4.15. The van der Waals surface area contributed by atoms with Gasteiger partial charge in [-0.15, -0.1) is 0 Å². The number of aliphatic hydroxyl groups excluding tert-OH is 3. The number of rotatable bonds is 11. The van der Waals surface area contributed by atoms with Gasteiger partial charge in [0, 0.05) is 49.0 Å². The second-order valence-corrected chi connectivity index (χ2v) is 9.96. The van der Waals surface area contributed by atoms with Crippen LogP contribution < -0.4 is 10.1 Å². The summed E-state index contributed by atoms with van der Waals surface area (Å²) in [6.45, 7) is 1.91. The number of nitrogens with zero attached hydrogens (tertiary/aromatic N) is 2. The van der Waals surface area contributed by atoms with E-state index in [1.807, 2.05) is 6.07 Å². The van der Waals surface area contributed by atoms with E-state index in [0.717, 1.165) is 5.39 Å². The average molecular weight is 534 g/mol. The first-order chi connectivity index (χ1) is 18.3. The Bertz CT molecular complexity index is 1220. The van der Waals surface area contributed by atoms with Crippen LogP contribution in [0.2, 0.25) is 0 Å². The number of hydrogen-bond donors (Lipinski definition) is 4. The first-order valence-corrected chi connectivity index (χ1v) is 12.8. The first kappa shape index (κ1) is 28.1. The van der Waals surface area contributed by atoms with E-state index in [-0.39, 0.29) is 30.9 Å². The Kier molecular flexibility index (Phi) is 9.09. The molecule has 0 bridgehead atoms. The second kappa shape index (κ2) is 12.3. The number of fused-ring (bicyclic) bond motifs is 1. The van der Waals surface area contributed by atoms with Gasteiger partial charge in [-0.25, -0.2) is 13.2 Å². The van der Waals surface area contributed by atoms with Gasteiger partial charge in [0.2, 0.25) is 0 Å². The number of aromatic nitrogens is 1. The molecule has 1 atom stereocenters. The topological polar surface area (TPSA) is 98.1 Å². The Labute approximate surface area is 219 Å². The molecule has 1 aliphatic rings. The number of hydrogen-bond acceptors (Lipinski definition) is 7. The number of nitrogens with one attached hydrogen (secondary N) is 1. The zero-order valence-corrected chi connectivity index (χ0v) is 21.4. The van der Waals surface area contributed by atoms with Crippen LogP contribution in [-0.2, 0) is 6.61 Å². The fourth-order valence-corrected chi connectivity index (χ4v) is 5.26. The summed E-state index contributed by atoms with van der Waals surface area (Å²) in [7, 11) is 1.56. The molecule has 38 heavy (non-hydrogen) atoms. The molecule has 0 amide bonds. The van der Waals surface area contributed by atoms with Gasteiger partial charge in [0.1, 0.15) is 17.3 Å². The second-order valence-electron chi connectivity index (χ2n) is 9.96. The van der Waals surface area contributed by atoms with Crippen molar-refractivity contribution in [2.45, 2.75) is 38.4 Å². The van der Waals surface area contributed by atoms with Crippen molar-refractivity contribution in [1.29, 1.82) is 0 Å². The molecule has 1 aromatic heterocycles. The molecule has 3 aromatic rings. The third kappa shape index (κ3) is 6.20. The van der Waals surface area contributed by atoms with Gasteiger partial charge < -0.3 is 30.3 Å². The summed E-state index contributed by atoms with van der Waals surface area (Å²) in [4.78, 5) is 6.52. The summed E-state index contributed by atoms with van der Waals surface area (Å²) < 4.78 is 46.1. The van der Waals surface area contributed by atoms with Crippen molar-refractivity contribution in [2.75, 3.05) is 45.2 Å². The van der Waals surface area contributed by atoms with E-state index in [0.29, 0.717) is 79.8 Å². The molecule has 1 fully saturated rings. The third-order valence-electron chi connectivity index (χ3n) is 7.64. The summed E-state index contributed by atoms with van der Waals surface area (Å²) in [6.07, 6.45) is 3.10. The summed E-state index contributed by atoms with van der Waals surface area (Å²) >= 11 is 0. The molecule has 1 aliphatic heterocycles. The number of aliphatic hydroxyl groups is 3. The van der Waals surface area contributed by atoms with Crippen molar-refractivity contribution in [3.8, 4) is 5.75 Å². The van der Waals surface area contributed by atoms with Crippen LogP contribution >= 0.6 is 0 Å². The van der Waals surface area contributed by atoms with E-state index in [2.05, 4.69) is 15.2 Å². The smallest absolute Gasteiger partial charge is 0.152 e. The molecule has 1 saturated heterocycles. The van der Waals surface area contributed by atoms with E-state index in [4.69, 9.17) is 4.74 Å². The van der Waals surface area contributed by atoms with Crippen LogP contribution in [0.5, 0.6) is 5.75 Å². The number of pyridine rings is 1. The minimum atomic E-state index is -0.969. The van der Waals surface area contributed by atoms with Crippen LogP contribution in [0, 0.1) is 22.9 Å². The summed E-state index contributed by atoms with van der Waals surface area (Å²) in [5.74, 6) is -2.27. The molecule has 2 aromatic carbocycles. The maximum Gasteiger partial charge on any atom is 0.152 e. The van der Waals surface area contributed by atoms with Gasteiger partial charge in [0.05, 0.1) is 25.3 Å². The predicted molar refractivity (Wildman–Crippen MR) is 138 cm³/mol. The zero-order valence-electron chi connectivity index (χ0n) is 21.4. The van der Waals surface area contributed by atoms with Gasteiger partial charge >= 0.3 is 0 Å². The van der Waals surface area contributed by atoms with E-state index in [1.54, 1.807) is 25.4 Å². The molecule has 0 saturated carbocycles. The van der Waals surface area contributed by atoms with Crippen molar-refractivity contribution < 1.29 is 33.2 Å². The largest absolute Gasteiger partial charge is 0.497 e. The lowest BCUT2D eigenvalue weighted by molar-refractivity contribution is 0.0246. The van der Waals surface area contributed by atoms with Crippen LogP contribution in [0.4, 0.5) is 18.9 Å². The maximum atomic E-state index is 13.8. The number of anilines is 1. The highest BCUT2D eigenvalue weighted by molar-refractivity contribution is 5.85. The summed E-state index contributed by atoms with van der Waals surface area (Å²) in [6, 6.07) is 6.69. The Morgan fingerprint density at radius 1 is 1.11 bits per heavy atom. The number of piperidine rings is 1. The Morgan fingerprint density at radius 3 is 2.45 bits per heavy atom. The Morgan fingerprint density at radius 2 is 1.82 bits per heavy atom. The van der Waals surface area contributed by atoms with Gasteiger partial charge in [0.15, 0.2) is 11.6 Å². The number of halogens is 3. The molecule has 4 N–H and O–H groups in total. The number of ether oxygens (including phenoxy) is 1. The highest BCUT2D eigenvalue weighted by atomic mass is 19.1. The lowest BCUT2D eigenvalue weighted by Crippen LogP contribution is -2.43. The highest BCUT2D eigenvalue weighted by Gasteiger charge is 2.34. The van der Waals surface area contributed by atoms with Gasteiger partial charge in [-0.05, 0) is 68.0 Å². The van der Waals surface area contributed by atoms with Crippen LogP contribution in [0.1, 0.15) is 42.9 Å². The summed E-state index contributed by atoms with van der Waals surface area (Å²) in [5, 5.41) is 34.8. The highest BCUT2D eigenvalue weighted by Crippen LogP contribution is 2.39. The van der Waals surface area contributed by atoms with E-state index >= 15 is 0 Å². The van der Waals surface area contributed by atoms with E-state index < -0.39 is 23.6 Å². The van der Waals surface area contributed by atoms with Crippen LogP contribution in [0.25, 0.3) is 10.9 Å². The fourth-order valence-electron chi connectivity index (χ4n) is 5.26. The molecule has 2 heterocycles. The van der Waals surface area contributed by atoms with Crippen molar-refractivity contribution >= 4 is 16.6 Å². The molecule has 10 heteroatoms. The lowest BCUT2D eigenvalue weighted by atomic mass is 9.74. The van der Waals surface area contributed by atoms with Crippen LogP contribution in [-0.4, -0.2) is 65.1 Å². The molecular weight excluding hydrogens is 499 g/mol. The Hall–Kier alpha value is -2.92. The van der Waals surface area contributed by atoms with E-state index in [9.17, 15) is 28.5 Å². The van der Waals surface area contributed by atoms with Gasteiger partial charge in [-0.3, -0.25) is 4.98 Å². The molecule has 7 nitrogen and oxygen atoms in total. The normalized spacial score (nSPS) is 16.5. The lowest BCUT2D eigenvalue weighted by Gasteiger charge is -2.41. The molecule has 206 valence electrons. The van der Waals surface area contributed by atoms with E-state index in [1.165, 1.54) is 0 Å². The molecular formula is C28H34F3N3O4. The van der Waals surface area contributed by atoms with Crippen LogP contribution in [0.15, 0.2) is 36.5 Å². The zero-order chi connectivity index (χ0) is 27.3. The number of benzene rings is 2. The minimum absolute atomic E-state index is 0.0183. The van der Waals surface area contributed by atoms with Crippen molar-refractivity contribution in [2.24, 2.45) is 5.41 Å². The van der Waals surface area contributed by atoms with Crippen molar-refractivity contribution in [1.82, 2.24) is 9.88 Å². The van der Waals surface area contributed by atoms with Gasteiger partial charge in [-0.2, -0.15) is 0 Å². The minimum Gasteiger partial charge on any atom is -0.497 e. The maximum absolute atomic E-state index is 13.8. The first-order valence-electron chi connectivity index (χ1n) is 12.8. The fraction of sp³-hybridized carbons (Fsp3) is 0.464. The number of methoxy groups -OCH3 is 1. The molecule has 0 spiro atoms. The van der Waals surface area contributed by atoms with Crippen LogP contribution in [0.3, 0.4) is 0 Å². The van der Waals surface area contributed by atoms with Gasteiger partial charge in [0.25, 0.3) is 0 Å². The number of likely N-dealkylation sites (tertiary alicyclic amines) is 1. The monoisotopic (exact) mass is 533 g/mol. The van der Waals surface area contributed by atoms with Crippen molar-refractivity contribution in [3.05, 3.63) is 65.1 Å². The third-order valence-corrected chi connectivity index (χ3v) is 7.64. The SMILES string of the molecule is COc1ccc2ncc(CO)c(C(O)CCC3(CO)CCN(CCNc4c(F)cc(F)cc4F)CC3)c2c1. The molecule has 0 aliphatic carbocycles. The standard InChI is InChI=1S/C28H34F3N3O4/c1-38-20-2-3-24-21(14-20)26(18(16-35)15-33-24)25(37)4-5-28(17-36)6-9-34(10-7-28)11-8-32-27-22(30)12-19(29)13-23(27)31/h2-3,12-15,25,32,35-37H,4-11,16-17H2,1H3.